The SMILES string of the molecule is CC(CNC(=O)On1cc(Br)cn1)c1ccccc1. The van der Waals surface area contributed by atoms with Gasteiger partial charge in [0.1, 0.15) is 0 Å². The maximum Gasteiger partial charge on any atom is 0.433 e. The van der Waals surface area contributed by atoms with Crippen LogP contribution in [-0.4, -0.2) is 22.6 Å². The molecule has 19 heavy (non-hydrogen) atoms. The van der Waals surface area contributed by atoms with Gasteiger partial charge in [0.2, 0.25) is 0 Å². The summed E-state index contributed by atoms with van der Waals surface area (Å²) < 4.78 is 0.748. The van der Waals surface area contributed by atoms with Crippen molar-refractivity contribution in [3.05, 3.63) is 52.8 Å². The number of nitrogens with zero attached hydrogens (tertiary/aromatic N) is 2. The Bertz CT molecular complexity index is 542. The molecule has 1 aromatic heterocycles. The van der Waals surface area contributed by atoms with Gasteiger partial charge in [0.05, 0.1) is 16.9 Å². The number of nitrogens with one attached hydrogen (secondary N) is 1. The summed E-state index contributed by atoms with van der Waals surface area (Å²) in [5, 5.41) is 6.53. The fourth-order valence-electron chi connectivity index (χ4n) is 1.59. The Morgan fingerprint density at radius 3 is 2.84 bits per heavy atom. The van der Waals surface area contributed by atoms with Crippen LogP contribution >= 0.6 is 15.9 Å². The van der Waals surface area contributed by atoms with E-state index in [0.717, 1.165) is 9.32 Å². The fraction of sp³-hybridized carbons (Fsp3) is 0.231. The monoisotopic (exact) mass is 323 g/mol. The van der Waals surface area contributed by atoms with E-state index in [1.165, 1.54) is 5.56 Å². The maximum absolute atomic E-state index is 11.5. The second-order valence-electron chi connectivity index (χ2n) is 4.13. The normalized spacial score (nSPS) is 11.9. The molecule has 0 aliphatic heterocycles. The van der Waals surface area contributed by atoms with Crippen molar-refractivity contribution in [1.82, 2.24) is 15.3 Å². The van der Waals surface area contributed by atoms with Crippen molar-refractivity contribution in [3.63, 3.8) is 0 Å². The first-order chi connectivity index (χ1) is 9.15. The lowest BCUT2D eigenvalue weighted by atomic mass is 10.0. The molecule has 6 heteroatoms. The summed E-state index contributed by atoms with van der Waals surface area (Å²) in [4.78, 5) is 17.6. The number of aromatic nitrogens is 2. The van der Waals surface area contributed by atoms with Crippen molar-refractivity contribution in [2.24, 2.45) is 0 Å². The molecule has 0 fully saturated rings. The average molecular weight is 324 g/mol. The highest BCUT2D eigenvalue weighted by Crippen LogP contribution is 2.12. The maximum atomic E-state index is 11.5. The van der Waals surface area contributed by atoms with E-state index in [0.29, 0.717) is 6.54 Å². The Morgan fingerprint density at radius 1 is 1.47 bits per heavy atom. The van der Waals surface area contributed by atoms with Crippen LogP contribution in [0.15, 0.2) is 47.2 Å². The van der Waals surface area contributed by atoms with Gasteiger partial charge in [-0.2, -0.15) is 0 Å². The van der Waals surface area contributed by atoms with E-state index in [2.05, 4.69) is 26.3 Å². The molecule has 0 saturated carbocycles. The minimum absolute atomic E-state index is 0.220. The van der Waals surface area contributed by atoms with E-state index in [1.807, 2.05) is 37.3 Å². The number of hydrogen-bond acceptors (Lipinski definition) is 3. The van der Waals surface area contributed by atoms with Gasteiger partial charge >= 0.3 is 6.09 Å². The van der Waals surface area contributed by atoms with E-state index < -0.39 is 6.09 Å². The van der Waals surface area contributed by atoms with Crippen molar-refractivity contribution < 1.29 is 9.63 Å². The lowest BCUT2D eigenvalue weighted by Crippen LogP contribution is -2.34. The van der Waals surface area contributed by atoms with Gasteiger partial charge < -0.3 is 5.32 Å². The van der Waals surface area contributed by atoms with Gasteiger partial charge in [-0.1, -0.05) is 42.1 Å². The third-order valence-corrected chi connectivity index (χ3v) is 3.04. The first-order valence-corrected chi connectivity index (χ1v) is 6.66. The van der Waals surface area contributed by atoms with Crippen LogP contribution in [0.3, 0.4) is 0 Å². The Morgan fingerprint density at radius 2 is 2.21 bits per heavy atom. The van der Waals surface area contributed by atoms with Crippen LogP contribution in [-0.2, 0) is 0 Å². The number of carbonyl (C=O) groups excluding carboxylic acids is 1. The van der Waals surface area contributed by atoms with Crippen molar-refractivity contribution in [2.45, 2.75) is 12.8 Å². The molecule has 0 radical (unpaired) electrons. The molecule has 1 N–H and O–H groups in total. The molecule has 2 rings (SSSR count). The van der Waals surface area contributed by atoms with Crippen LogP contribution in [0.5, 0.6) is 0 Å². The summed E-state index contributed by atoms with van der Waals surface area (Å²) in [6.07, 6.45) is 2.57. The highest BCUT2D eigenvalue weighted by molar-refractivity contribution is 9.10. The smallest absolute Gasteiger partial charge is 0.319 e. The zero-order chi connectivity index (χ0) is 13.7. The molecule has 100 valence electrons. The van der Waals surface area contributed by atoms with Crippen LogP contribution in [0.1, 0.15) is 18.4 Å². The molecular weight excluding hydrogens is 310 g/mol. The summed E-state index contributed by atoms with van der Waals surface area (Å²) >= 11 is 3.22. The number of benzene rings is 1. The van der Waals surface area contributed by atoms with Crippen LogP contribution < -0.4 is 10.2 Å². The Hall–Kier alpha value is -1.82. The summed E-state index contributed by atoms with van der Waals surface area (Å²) in [7, 11) is 0. The van der Waals surface area contributed by atoms with Crippen LogP contribution in [0, 0.1) is 0 Å². The van der Waals surface area contributed by atoms with Crippen molar-refractivity contribution in [1.29, 1.82) is 0 Å². The summed E-state index contributed by atoms with van der Waals surface area (Å²) in [6, 6.07) is 9.98. The van der Waals surface area contributed by atoms with E-state index in [-0.39, 0.29) is 5.92 Å². The van der Waals surface area contributed by atoms with Gasteiger partial charge in [-0.05, 0) is 27.4 Å². The quantitative estimate of drug-likeness (QED) is 0.940. The van der Waals surface area contributed by atoms with E-state index in [4.69, 9.17) is 4.84 Å². The lowest BCUT2D eigenvalue weighted by Gasteiger charge is -2.12. The molecule has 0 spiro atoms. The van der Waals surface area contributed by atoms with E-state index >= 15 is 0 Å². The molecule has 0 saturated heterocycles. The predicted octanol–water partition coefficient (Wildman–Crippen LogP) is 2.59. The zero-order valence-electron chi connectivity index (χ0n) is 10.4. The summed E-state index contributed by atoms with van der Waals surface area (Å²) in [5.41, 5.74) is 1.17. The van der Waals surface area contributed by atoms with Gasteiger partial charge in [-0.15, -0.1) is 5.10 Å². The second kappa shape index (κ2) is 6.38. The molecule has 2 aromatic rings. The van der Waals surface area contributed by atoms with Crippen LogP contribution in [0.25, 0.3) is 0 Å². The number of hydrogen-bond donors (Lipinski definition) is 1. The summed E-state index contributed by atoms with van der Waals surface area (Å²) in [5.74, 6) is 0.220. The lowest BCUT2D eigenvalue weighted by molar-refractivity contribution is 0.116. The van der Waals surface area contributed by atoms with Crippen molar-refractivity contribution in [3.8, 4) is 0 Å². The van der Waals surface area contributed by atoms with Gasteiger partial charge in [-0.3, -0.25) is 4.84 Å². The van der Waals surface area contributed by atoms with Crippen LogP contribution in [0.4, 0.5) is 4.79 Å². The van der Waals surface area contributed by atoms with Crippen LogP contribution in [0.2, 0.25) is 0 Å². The zero-order valence-corrected chi connectivity index (χ0v) is 12.0. The van der Waals surface area contributed by atoms with Gasteiger partial charge in [0, 0.05) is 6.54 Å². The van der Waals surface area contributed by atoms with Gasteiger partial charge in [-0.25, -0.2) is 4.79 Å². The first kappa shape index (κ1) is 13.6. The van der Waals surface area contributed by atoms with Gasteiger partial charge in [0.15, 0.2) is 0 Å². The molecule has 5 nitrogen and oxygen atoms in total. The highest BCUT2D eigenvalue weighted by Gasteiger charge is 2.09. The van der Waals surface area contributed by atoms with E-state index in [9.17, 15) is 4.79 Å². The number of halogens is 1. The average Bonchev–Trinajstić information content (AvgIpc) is 2.82. The Kier molecular flexibility index (Phi) is 4.57. The second-order valence-corrected chi connectivity index (χ2v) is 5.05. The fourth-order valence-corrected chi connectivity index (χ4v) is 1.85. The van der Waals surface area contributed by atoms with Crippen molar-refractivity contribution in [2.75, 3.05) is 6.54 Å². The third-order valence-electron chi connectivity index (χ3n) is 2.63. The molecule has 1 heterocycles. The van der Waals surface area contributed by atoms with E-state index in [1.54, 1.807) is 12.4 Å². The Balaban J connectivity index is 1.80. The molecule has 0 aliphatic rings. The number of rotatable bonds is 4. The highest BCUT2D eigenvalue weighted by atomic mass is 79.9. The minimum Gasteiger partial charge on any atom is -0.319 e. The molecule has 1 amide bonds. The molecule has 1 aromatic carbocycles. The third kappa shape index (κ3) is 4.10. The standard InChI is InChI=1S/C13H14BrN3O2/c1-10(11-5-3-2-4-6-11)7-15-13(18)19-17-9-12(14)8-16-17/h2-6,8-10H,7H2,1H3,(H,15,18). The van der Waals surface area contributed by atoms with Crippen molar-refractivity contribution >= 4 is 22.0 Å². The first-order valence-electron chi connectivity index (χ1n) is 5.86. The number of amides is 1. The topological polar surface area (TPSA) is 56.1 Å². The summed E-state index contributed by atoms with van der Waals surface area (Å²) in [6.45, 7) is 2.55. The predicted molar refractivity (Wildman–Crippen MR) is 74.8 cm³/mol. The molecule has 0 aliphatic carbocycles. The molecule has 1 atom stereocenters. The van der Waals surface area contributed by atoms with Gasteiger partial charge in [0.25, 0.3) is 0 Å². The Labute approximate surface area is 119 Å². The largest absolute Gasteiger partial charge is 0.433 e. The minimum atomic E-state index is -0.529. The molecular formula is C13H14BrN3O2. The molecule has 1 unspecified atom stereocenters. The number of carbonyl (C=O) groups is 1. The molecule has 0 bridgehead atoms.